The third-order valence-electron chi connectivity index (χ3n) is 2.38. The van der Waals surface area contributed by atoms with Gasteiger partial charge in [-0.2, -0.15) is 0 Å². The van der Waals surface area contributed by atoms with Crippen molar-refractivity contribution >= 4 is 11.6 Å². The molecule has 1 aromatic carbocycles. The minimum atomic E-state index is -0.241. The van der Waals surface area contributed by atoms with Gasteiger partial charge in [0.15, 0.2) is 0 Å². The molecule has 1 unspecified atom stereocenters. The van der Waals surface area contributed by atoms with E-state index in [-0.39, 0.29) is 6.10 Å². The molecule has 0 saturated heterocycles. The highest BCUT2D eigenvalue weighted by atomic mass is 35.5. The molecule has 0 heterocycles. The van der Waals surface area contributed by atoms with Crippen LogP contribution in [0.1, 0.15) is 31.9 Å². The molecule has 0 fully saturated rings. The van der Waals surface area contributed by atoms with E-state index in [2.05, 4.69) is 12.2 Å². The van der Waals surface area contributed by atoms with E-state index >= 15 is 0 Å². The molecule has 0 radical (unpaired) electrons. The topological polar surface area (TPSA) is 32.3 Å². The second-order valence-electron chi connectivity index (χ2n) is 3.87. The number of aliphatic hydroxyl groups is 1. The van der Waals surface area contributed by atoms with Crippen LogP contribution < -0.4 is 5.32 Å². The Morgan fingerprint density at radius 2 is 1.87 bits per heavy atom. The summed E-state index contributed by atoms with van der Waals surface area (Å²) in [4.78, 5) is 0. The van der Waals surface area contributed by atoms with Crippen molar-refractivity contribution in [3.63, 3.8) is 0 Å². The number of rotatable bonds is 5. The average molecular weight is 228 g/mol. The van der Waals surface area contributed by atoms with E-state index in [4.69, 9.17) is 16.7 Å². The molecule has 15 heavy (non-hydrogen) atoms. The number of aliphatic hydroxyl groups excluding tert-OH is 1. The predicted molar refractivity (Wildman–Crippen MR) is 64.2 cm³/mol. The van der Waals surface area contributed by atoms with Gasteiger partial charge in [-0.15, -0.1) is 0 Å². The van der Waals surface area contributed by atoms with E-state index < -0.39 is 0 Å². The van der Waals surface area contributed by atoms with Gasteiger partial charge in [0.05, 0.1) is 6.10 Å². The molecule has 0 amide bonds. The summed E-state index contributed by atoms with van der Waals surface area (Å²) in [6.07, 6.45) is 0.535. The van der Waals surface area contributed by atoms with Crippen molar-refractivity contribution in [2.75, 3.05) is 6.54 Å². The van der Waals surface area contributed by atoms with Crippen LogP contribution in [-0.4, -0.2) is 17.8 Å². The van der Waals surface area contributed by atoms with Gasteiger partial charge in [0.1, 0.15) is 0 Å². The second-order valence-corrected chi connectivity index (χ2v) is 4.30. The van der Waals surface area contributed by atoms with Crippen molar-refractivity contribution in [3.8, 4) is 0 Å². The smallest absolute Gasteiger partial charge is 0.0524 e. The van der Waals surface area contributed by atoms with Crippen LogP contribution in [0.25, 0.3) is 0 Å². The Kier molecular flexibility index (Phi) is 5.09. The number of hydrogen-bond donors (Lipinski definition) is 2. The molecule has 1 rings (SSSR count). The standard InChI is InChI=1S/C12H18ClNO/c1-9(15)7-8-14-10(2)11-3-5-12(13)6-4-11/h3-6,9-10,14-15H,7-8H2,1-2H3/t9?,10-/m0/s1. The van der Waals surface area contributed by atoms with Crippen LogP contribution in [0.5, 0.6) is 0 Å². The van der Waals surface area contributed by atoms with Gasteiger partial charge in [-0.1, -0.05) is 23.7 Å². The second kappa shape index (κ2) is 6.11. The van der Waals surface area contributed by atoms with E-state index in [9.17, 15) is 0 Å². The Morgan fingerprint density at radius 3 is 2.40 bits per heavy atom. The lowest BCUT2D eigenvalue weighted by Crippen LogP contribution is -2.22. The molecule has 0 aliphatic carbocycles. The molecule has 84 valence electrons. The summed E-state index contributed by atoms with van der Waals surface area (Å²) in [6.45, 7) is 4.72. The van der Waals surface area contributed by atoms with Crippen LogP contribution in [0.2, 0.25) is 5.02 Å². The molecule has 2 nitrogen and oxygen atoms in total. The largest absolute Gasteiger partial charge is 0.393 e. The predicted octanol–water partition coefficient (Wildman–Crippen LogP) is 2.76. The lowest BCUT2D eigenvalue weighted by atomic mass is 10.1. The zero-order valence-electron chi connectivity index (χ0n) is 9.20. The maximum atomic E-state index is 9.11. The van der Waals surface area contributed by atoms with Crippen molar-refractivity contribution < 1.29 is 5.11 Å². The van der Waals surface area contributed by atoms with Gasteiger partial charge in [-0.25, -0.2) is 0 Å². The molecule has 0 bridgehead atoms. The van der Waals surface area contributed by atoms with E-state index in [0.29, 0.717) is 6.04 Å². The number of hydrogen-bond acceptors (Lipinski definition) is 2. The van der Waals surface area contributed by atoms with Crippen molar-refractivity contribution in [1.29, 1.82) is 0 Å². The minimum Gasteiger partial charge on any atom is -0.393 e. The zero-order valence-corrected chi connectivity index (χ0v) is 9.96. The monoisotopic (exact) mass is 227 g/mol. The fourth-order valence-electron chi connectivity index (χ4n) is 1.38. The highest BCUT2D eigenvalue weighted by Gasteiger charge is 2.04. The van der Waals surface area contributed by atoms with Crippen molar-refractivity contribution in [1.82, 2.24) is 5.32 Å². The Bertz CT molecular complexity index is 284. The molecular formula is C12H18ClNO. The van der Waals surface area contributed by atoms with Crippen LogP contribution in [0.15, 0.2) is 24.3 Å². The van der Waals surface area contributed by atoms with Crippen LogP contribution in [0.4, 0.5) is 0 Å². The van der Waals surface area contributed by atoms with Crippen molar-refractivity contribution in [2.24, 2.45) is 0 Å². The number of halogens is 1. The Morgan fingerprint density at radius 1 is 1.27 bits per heavy atom. The summed E-state index contributed by atoms with van der Waals surface area (Å²) in [6, 6.07) is 8.11. The van der Waals surface area contributed by atoms with Crippen LogP contribution >= 0.6 is 11.6 Å². The Balaban J connectivity index is 2.40. The fourth-order valence-corrected chi connectivity index (χ4v) is 1.50. The Hall–Kier alpha value is -0.570. The van der Waals surface area contributed by atoms with E-state index in [0.717, 1.165) is 18.0 Å². The highest BCUT2D eigenvalue weighted by molar-refractivity contribution is 6.30. The first-order chi connectivity index (χ1) is 7.09. The average Bonchev–Trinajstić information content (AvgIpc) is 2.18. The summed E-state index contributed by atoms with van der Waals surface area (Å²) in [7, 11) is 0. The van der Waals surface area contributed by atoms with Crippen molar-refractivity contribution in [2.45, 2.75) is 32.4 Å². The van der Waals surface area contributed by atoms with E-state index in [1.807, 2.05) is 24.3 Å². The van der Waals surface area contributed by atoms with Gasteiger partial charge in [0.2, 0.25) is 0 Å². The van der Waals surface area contributed by atoms with Gasteiger partial charge in [0.25, 0.3) is 0 Å². The summed E-state index contributed by atoms with van der Waals surface area (Å²) in [5.41, 5.74) is 1.21. The first kappa shape index (κ1) is 12.5. The summed E-state index contributed by atoms with van der Waals surface area (Å²) in [5, 5.41) is 13.2. The zero-order chi connectivity index (χ0) is 11.3. The quantitative estimate of drug-likeness (QED) is 0.811. The lowest BCUT2D eigenvalue weighted by molar-refractivity contribution is 0.182. The molecule has 1 aromatic rings. The van der Waals surface area contributed by atoms with E-state index in [1.165, 1.54) is 5.56 Å². The van der Waals surface area contributed by atoms with E-state index in [1.54, 1.807) is 6.92 Å². The molecule has 2 atom stereocenters. The van der Waals surface area contributed by atoms with Gasteiger partial charge < -0.3 is 10.4 Å². The third-order valence-corrected chi connectivity index (χ3v) is 2.63. The maximum absolute atomic E-state index is 9.11. The maximum Gasteiger partial charge on any atom is 0.0524 e. The molecule has 0 aliphatic heterocycles. The summed E-state index contributed by atoms with van der Waals surface area (Å²) < 4.78 is 0. The first-order valence-electron chi connectivity index (χ1n) is 5.26. The Labute approximate surface area is 96.3 Å². The van der Waals surface area contributed by atoms with Crippen LogP contribution in [-0.2, 0) is 0 Å². The minimum absolute atomic E-state index is 0.241. The van der Waals surface area contributed by atoms with Gasteiger partial charge in [-0.3, -0.25) is 0 Å². The highest BCUT2D eigenvalue weighted by Crippen LogP contribution is 2.15. The van der Waals surface area contributed by atoms with Gasteiger partial charge in [0, 0.05) is 11.1 Å². The molecule has 0 aliphatic rings. The summed E-state index contributed by atoms with van der Waals surface area (Å²) in [5.74, 6) is 0. The van der Waals surface area contributed by atoms with Crippen LogP contribution in [0.3, 0.4) is 0 Å². The first-order valence-corrected chi connectivity index (χ1v) is 5.64. The molecule has 0 aromatic heterocycles. The third kappa shape index (κ3) is 4.65. The molecule has 0 saturated carbocycles. The number of nitrogens with one attached hydrogen (secondary N) is 1. The SMILES string of the molecule is CC(O)CCN[C@@H](C)c1ccc(Cl)cc1. The molecule has 2 N–H and O–H groups in total. The summed E-state index contributed by atoms with van der Waals surface area (Å²) >= 11 is 5.81. The van der Waals surface area contributed by atoms with Crippen LogP contribution in [0, 0.1) is 0 Å². The van der Waals surface area contributed by atoms with Gasteiger partial charge in [-0.05, 0) is 44.5 Å². The molecule has 0 spiro atoms. The van der Waals surface area contributed by atoms with Gasteiger partial charge >= 0.3 is 0 Å². The number of benzene rings is 1. The molecular weight excluding hydrogens is 210 g/mol. The van der Waals surface area contributed by atoms with Crippen molar-refractivity contribution in [3.05, 3.63) is 34.9 Å². The molecule has 3 heteroatoms. The fraction of sp³-hybridized carbons (Fsp3) is 0.500. The lowest BCUT2D eigenvalue weighted by Gasteiger charge is -2.14. The normalized spacial score (nSPS) is 14.9.